The van der Waals surface area contributed by atoms with Crippen LogP contribution in [-0.2, 0) is 11.4 Å². The molecule has 1 aliphatic heterocycles. The van der Waals surface area contributed by atoms with E-state index in [1.165, 1.54) is 16.7 Å². The van der Waals surface area contributed by atoms with Crippen molar-refractivity contribution in [2.75, 3.05) is 18.1 Å². The van der Waals surface area contributed by atoms with E-state index in [1.807, 2.05) is 56.3 Å². The first-order valence-electron chi connectivity index (χ1n) is 11.3. The molecule has 0 spiro atoms. The monoisotopic (exact) mass is 637 g/mol. The van der Waals surface area contributed by atoms with E-state index in [0.29, 0.717) is 54.1 Å². The maximum atomic E-state index is 13.2. The van der Waals surface area contributed by atoms with Crippen LogP contribution < -0.4 is 19.1 Å². The highest BCUT2D eigenvalue weighted by Crippen LogP contribution is 2.41. The number of carbonyl (C=O) groups excluding carboxylic acids is 1. The molecule has 1 heterocycles. The molecular weight excluding hydrogens is 617 g/mol. The zero-order chi connectivity index (χ0) is 26.5. The molecule has 1 amide bonds. The minimum atomic E-state index is -0.189. The number of thiocarbonyl (C=S) groups is 1. The number of halogens is 3. The molecule has 0 radical (unpaired) electrons. The smallest absolute Gasteiger partial charge is 0.270 e. The molecule has 1 aliphatic rings. The summed E-state index contributed by atoms with van der Waals surface area (Å²) in [5.41, 5.74) is 2.25. The van der Waals surface area contributed by atoms with Crippen LogP contribution in [0.15, 0.2) is 64.0 Å². The highest BCUT2D eigenvalue weighted by molar-refractivity contribution is 9.10. The van der Waals surface area contributed by atoms with Gasteiger partial charge in [-0.05, 0) is 89.9 Å². The third-order valence-electron chi connectivity index (χ3n) is 5.22. The van der Waals surface area contributed by atoms with Crippen molar-refractivity contribution in [3.63, 3.8) is 0 Å². The summed E-state index contributed by atoms with van der Waals surface area (Å²) in [6.07, 6.45) is 1.79. The molecule has 4 rings (SSSR count). The van der Waals surface area contributed by atoms with Crippen LogP contribution >= 0.6 is 63.1 Å². The maximum Gasteiger partial charge on any atom is 0.270 e. The predicted octanol–water partition coefficient (Wildman–Crippen LogP) is 8.54. The van der Waals surface area contributed by atoms with E-state index >= 15 is 0 Å². The molecule has 0 unspecified atom stereocenters. The first kappa shape index (κ1) is 27.8. The van der Waals surface area contributed by atoms with Crippen LogP contribution in [0.4, 0.5) is 5.69 Å². The van der Waals surface area contributed by atoms with Gasteiger partial charge in [0.1, 0.15) is 12.4 Å². The number of anilines is 1. The molecule has 0 saturated carbocycles. The molecule has 10 heteroatoms. The van der Waals surface area contributed by atoms with Crippen molar-refractivity contribution in [2.45, 2.75) is 20.5 Å². The zero-order valence-electron chi connectivity index (χ0n) is 19.9. The van der Waals surface area contributed by atoms with Crippen molar-refractivity contribution >= 4 is 85.1 Å². The Balaban J connectivity index is 1.57. The minimum Gasteiger partial charge on any atom is -0.494 e. The molecule has 0 N–H and O–H groups in total. The van der Waals surface area contributed by atoms with Crippen molar-refractivity contribution < 1.29 is 19.0 Å². The summed E-state index contributed by atoms with van der Waals surface area (Å²) in [5, 5.41) is 1.08. The first-order valence-corrected chi connectivity index (χ1v) is 14.1. The quantitative estimate of drug-likeness (QED) is 0.173. The lowest BCUT2D eigenvalue weighted by atomic mass is 10.1. The van der Waals surface area contributed by atoms with Crippen LogP contribution in [-0.4, -0.2) is 23.4 Å². The van der Waals surface area contributed by atoms with E-state index < -0.39 is 0 Å². The summed E-state index contributed by atoms with van der Waals surface area (Å²) in [4.78, 5) is 15.3. The summed E-state index contributed by atoms with van der Waals surface area (Å²) < 4.78 is 18.5. The third kappa shape index (κ3) is 6.62. The molecule has 1 fully saturated rings. The first-order chi connectivity index (χ1) is 17.8. The third-order valence-corrected chi connectivity index (χ3v) is 7.69. The Kier molecular flexibility index (Phi) is 9.42. The molecule has 3 aromatic rings. The van der Waals surface area contributed by atoms with Crippen LogP contribution in [0.1, 0.15) is 25.0 Å². The summed E-state index contributed by atoms with van der Waals surface area (Å²) in [5.74, 6) is 1.62. The summed E-state index contributed by atoms with van der Waals surface area (Å²) >= 11 is 22.6. The number of hydrogen-bond acceptors (Lipinski definition) is 6. The standard InChI is InChI=1S/C27H22BrCl2NO4S2/c1-3-33-20-9-7-19(8-10-20)31-26(32)24(37-27(31)36)13-16-11-21(28)25(23(12-16)34-4-2)35-15-17-5-6-18(29)14-22(17)30/h5-14H,3-4,15H2,1-2H3/b24-13-. The molecule has 0 aliphatic carbocycles. The second-order valence-electron chi connectivity index (χ2n) is 7.73. The van der Waals surface area contributed by atoms with Gasteiger partial charge in [0.25, 0.3) is 5.91 Å². The topological polar surface area (TPSA) is 48.0 Å². The van der Waals surface area contributed by atoms with Gasteiger partial charge in [-0.1, -0.05) is 53.2 Å². The Morgan fingerprint density at radius 1 is 1.00 bits per heavy atom. The number of thioether (sulfide) groups is 1. The number of benzene rings is 3. The Labute approximate surface area is 243 Å². The van der Waals surface area contributed by atoms with Gasteiger partial charge in [-0.2, -0.15) is 0 Å². The van der Waals surface area contributed by atoms with Gasteiger partial charge >= 0.3 is 0 Å². The second-order valence-corrected chi connectivity index (χ2v) is 11.1. The number of nitrogens with zero attached hydrogens (tertiary/aromatic N) is 1. The van der Waals surface area contributed by atoms with Crippen LogP contribution in [0.3, 0.4) is 0 Å². The van der Waals surface area contributed by atoms with Gasteiger partial charge in [-0.25, -0.2) is 0 Å². The van der Waals surface area contributed by atoms with Crippen molar-refractivity contribution in [3.8, 4) is 17.2 Å². The summed E-state index contributed by atoms with van der Waals surface area (Å²) in [7, 11) is 0. The van der Waals surface area contributed by atoms with E-state index in [4.69, 9.17) is 49.6 Å². The van der Waals surface area contributed by atoms with E-state index in [-0.39, 0.29) is 12.5 Å². The summed E-state index contributed by atoms with van der Waals surface area (Å²) in [6, 6.07) is 16.2. The lowest BCUT2D eigenvalue weighted by molar-refractivity contribution is -0.113. The zero-order valence-corrected chi connectivity index (χ0v) is 24.7. The fraction of sp³-hybridized carbons (Fsp3) is 0.185. The van der Waals surface area contributed by atoms with Gasteiger partial charge in [-0.3, -0.25) is 9.69 Å². The van der Waals surface area contributed by atoms with Gasteiger partial charge in [0.2, 0.25) is 0 Å². The highest BCUT2D eigenvalue weighted by atomic mass is 79.9. The van der Waals surface area contributed by atoms with E-state index in [9.17, 15) is 4.79 Å². The van der Waals surface area contributed by atoms with Crippen molar-refractivity contribution in [1.82, 2.24) is 0 Å². The Morgan fingerprint density at radius 2 is 1.73 bits per heavy atom. The fourth-order valence-corrected chi connectivity index (χ4v) is 5.90. The lowest BCUT2D eigenvalue weighted by Crippen LogP contribution is -2.27. The average molecular weight is 639 g/mol. The summed E-state index contributed by atoms with van der Waals surface area (Å²) in [6.45, 7) is 5.05. The van der Waals surface area contributed by atoms with E-state index in [2.05, 4.69) is 15.9 Å². The Hall–Kier alpha value is -2.23. The molecule has 37 heavy (non-hydrogen) atoms. The van der Waals surface area contributed by atoms with Crippen LogP contribution in [0.2, 0.25) is 10.0 Å². The lowest BCUT2D eigenvalue weighted by Gasteiger charge is -2.16. The molecule has 3 aromatic carbocycles. The predicted molar refractivity (Wildman–Crippen MR) is 159 cm³/mol. The van der Waals surface area contributed by atoms with Crippen LogP contribution in [0.25, 0.3) is 6.08 Å². The van der Waals surface area contributed by atoms with Gasteiger partial charge in [0.05, 0.1) is 28.3 Å². The molecule has 0 aromatic heterocycles. The SMILES string of the molecule is CCOc1ccc(N2C(=O)/C(=C/c3cc(Br)c(OCc4ccc(Cl)cc4Cl)c(OCC)c3)SC2=S)cc1. The van der Waals surface area contributed by atoms with Crippen molar-refractivity contribution in [1.29, 1.82) is 0 Å². The Morgan fingerprint density at radius 3 is 2.41 bits per heavy atom. The molecule has 0 bridgehead atoms. The second kappa shape index (κ2) is 12.5. The number of carbonyl (C=O) groups is 1. The molecule has 0 atom stereocenters. The minimum absolute atomic E-state index is 0.189. The van der Waals surface area contributed by atoms with Gasteiger partial charge < -0.3 is 14.2 Å². The van der Waals surface area contributed by atoms with Gasteiger partial charge in [0, 0.05) is 15.6 Å². The van der Waals surface area contributed by atoms with Gasteiger partial charge in [-0.15, -0.1) is 0 Å². The van der Waals surface area contributed by atoms with Crippen LogP contribution in [0, 0.1) is 0 Å². The molecule has 1 saturated heterocycles. The number of rotatable bonds is 9. The highest BCUT2D eigenvalue weighted by Gasteiger charge is 2.33. The number of hydrogen-bond donors (Lipinski definition) is 0. The molecule has 5 nitrogen and oxygen atoms in total. The van der Waals surface area contributed by atoms with Crippen molar-refractivity contribution in [2.24, 2.45) is 0 Å². The fourth-order valence-electron chi connectivity index (χ4n) is 3.56. The van der Waals surface area contributed by atoms with Gasteiger partial charge in [0.15, 0.2) is 15.8 Å². The normalized spacial score (nSPS) is 14.4. The van der Waals surface area contributed by atoms with Crippen molar-refractivity contribution in [3.05, 3.63) is 85.1 Å². The largest absolute Gasteiger partial charge is 0.494 e. The number of ether oxygens (including phenoxy) is 3. The molecular formula is C27H22BrCl2NO4S2. The van der Waals surface area contributed by atoms with E-state index in [0.717, 1.165) is 16.9 Å². The molecule has 192 valence electrons. The van der Waals surface area contributed by atoms with E-state index in [1.54, 1.807) is 18.2 Å². The Bertz CT molecular complexity index is 1370. The van der Waals surface area contributed by atoms with Crippen LogP contribution in [0.5, 0.6) is 17.2 Å². The number of amides is 1. The average Bonchev–Trinajstić information content (AvgIpc) is 3.13. The maximum absolute atomic E-state index is 13.2.